The minimum absolute atomic E-state index is 0.918. The van der Waals surface area contributed by atoms with Crippen molar-refractivity contribution in [2.75, 3.05) is 6.54 Å². The number of nitrogens with one attached hydrogen (secondary N) is 1. The number of aryl methyl sites for hydroxylation is 1. The van der Waals surface area contributed by atoms with Crippen LogP contribution in [-0.4, -0.2) is 11.5 Å². The Kier molecular flexibility index (Phi) is 4.27. The van der Waals surface area contributed by atoms with Crippen LogP contribution in [0.2, 0.25) is 0 Å². The second kappa shape index (κ2) is 6.51. The maximum absolute atomic E-state index is 4.53. The van der Waals surface area contributed by atoms with Crippen LogP contribution in [-0.2, 0) is 13.0 Å². The number of nitrogens with zero attached hydrogens (tertiary/aromatic N) is 1. The van der Waals surface area contributed by atoms with Crippen molar-refractivity contribution in [3.63, 3.8) is 0 Å². The van der Waals surface area contributed by atoms with Gasteiger partial charge in [-0.2, -0.15) is 0 Å². The Balaban J connectivity index is 1.58. The minimum atomic E-state index is 0.918. The summed E-state index contributed by atoms with van der Waals surface area (Å²) in [4.78, 5) is 4.53. The summed E-state index contributed by atoms with van der Waals surface area (Å²) in [6.07, 6.45) is 2.99. The third-order valence-electron chi connectivity index (χ3n) is 3.66. The molecule has 0 atom stereocenters. The Hall–Kier alpha value is -2.19. The van der Waals surface area contributed by atoms with Crippen LogP contribution in [0.1, 0.15) is 16.7 Å². The third-order valence-corrected chi connectivity index (χ3v) is 3.66. The van der Waals surface area contributed by atoms with Gasteiger partial charge in [0.15, 0.2) is 0 Å². The molecule has 21 heavy (non-hydrogen) atoms. The number of hydrogen-bond donors (Lipinski definition) is 1. The average Bonchev–Trinajstić information content (AvgIpc) is 2.52. The molecule has 0 amide bonds. The highest BCUT2D eigenvalue weighted by Gasteiger charge is 1.99. The van der Waals surface area contributed by atoms with E-state index in [4.69, 9.17) is 0 Å². The van der Waals surface area contributed by atoms with E-state index in [1.54, 1.807) is 0 Å². The van der Waals surface area contributed by atoms with Crippen molar-refractivity contribution in [2.45, 2.75) is 19.9 Å². The predicted molar refractivity (Wildman–Crippen MR) is 88.3 cm³/mol. The van der Waals surface area contributed by atoms with Gasteiger partial charge in [0.1, 0.15) is 0 Å². The Morgan fingerprint density at radius 1 is 0.952 bits per heavy atom. The predicted octanol–water partition coefficient (Wildman–Crippen LogP) is 3.88. The van der Waals surface area contributed by atoms with E-state index in [2.05, 4.69) is 65.8 Å². The molecular formula is C19H20N2. The van der Waals surface area contributed by atoms with Crippen LogP contribution in [0.5, 0.6) is 0 Å². The molecule has 3 rings (SSSR count). The smallest absolute Gasteiger partial charge is 0.0702 e. The lowest BCUT2D eigenvalue weighted by Gasteiger charge is -2.06. The lowest BCUT2D eigenvalue weighted by atomic mass is 10.1. The first-order valence-electron chi connectivity index (χ1n) is 7.41. The Labute approximate surface area is 125 Å². The molecule has 0 saturated carbocycles. The van der Waals surface area contributed by atoms with Gasteiger partial charge in [-0.25, -0.2) is 0 Å². The van der Waals surface area contributed by atoms with Crippen molar-refractivity contribution >= 4 is 10.9 Å². The number of aromatic nitrogens is 1. The maximum atomic E-state index is 4.53. The lowest BCUT2D eigenvalue weighted by Crippen LogP contribution is -2.16. The molecule has 0 aliphatic heterocycles. The van der Waals surface area contributed by atoms with Gasteiger partial charge in [-0.1, -0.05) is 42.0 Å². The van der Waals surface area contributed by atoms with E-state index in [0.717, 1.165) is 25.0 Å². The van der Waals surface area contributed by atoms with Crippen LogP contribution < -0.4 is 5.32 Å². The topological polar surface area (TPSA) is 24.9 Å². The summed E-state index contributed by atoms with van der Waals surface area (Å²) in [5.74, 6) is 0. The van der Waals surface area contributed by atoms with Crippen molar-refractivity contribution in [1.29, 1.82) is 0 Å². The van der Waals surface area contributed by atoms with Crippen LogP contribution in [0.15, 0.2) is 60.8 Å². The highest BCUT2D eigenvalue weighted by Crippen LogP contribution is 2.15. The molecule has 0 bridgehead atoms. The Morgan fingerprint density at radius 2 is 1.81 bits per heavy atom. The standard InChI is InChI=1S/C19H20N2/c1-15-7-8-19-18(11-15)12-17(14-21-19)9-10-20-13-16-5-3-2-4-6-16/h2-8,11-12,14,20H,9-10,13H2,1H3. The van der Waals surface area contributed by atoms with Crippen LogP contribution >= 0.6 is 0 Å². The zero-order chi connectivity index (χ0) is 14.5. The van der Waals surface area contributed by atoms with Gasteiger partial charge in [-0.15, -0.1) is 0 Å². The molecule has 0 unspecified atom stereocenters. The molecule has 0 aliphatic carbocycles. The van der Waals surface area contributed by atoms with Gasteiger partial charge in [0.25, 0.3) is 0 Å². The van der Waals surface area contributed by atoms with Gasteiger partial charge in [0.2, 0.25) is 0 Å². The Morgan fingerprint density at radius 3 is 2.67 bits per heavy atom. The molecule has 0 radical (unpaired) electrons. The largest absolute Gasteiger partial charge is 0.312 e. The second-order valence-electron chi connectivity index (χ2n) is 5.45. The summed E-state index contributed by atoms with van der Waals surface area (Å²) < 4.78 is 0. The first-order valence-corrected chi connectivity index (χ1v) is 7.41. The van der Waals surface area contributed by atoms with Gasteiger partial charge in [0.05, 0.1) is 5.52 Å². The Bertz CT molecular complexity index is 720. The fourth-order valence-corrected chi connectivity index (χ4v) is 2.49. The van der Waals surface area contributed by atoms with Crippen molar-refractivity contribution in [3.05, 3.63) is 77.5 Å². The molecule has 2 aromatic carbocycles. The van der Waals surface area contributed by atoms with Crippen molar-refractivity contribution in [3.8, 4) is 0 Å². The fraction of sp³-hybridized carbons (Fsp3) is 0.211. The van der Waals surface area contributed by atoms with E-state index in [9.17, 15) is 0 Å². The maximum Gasteiger partial charge on any atom is 0.0702 e. The summed E-state index contributed by atoms with van der Waals surface area (Å²) >= 11 is 0. The van der Waals surface area contributed by atoms with Crippen LogP contribution in [0.3, 0.4) is 0 Å². The number of hydrogen-bond acceptors (Lipinski definition) is 2. The first-order chi connectivity index (χ1) is 10.3. The molecule has 3 aromatic rings. The number of benzene rings is 2. The molecule has 1 N–H and O–H groups in total. The van der Waals surface area contributed by atoms with Gasteiger partial charge >= 0.3 is 0 Å². The molecule has 0 spiro atoms. The molecule has 1 heterocycles. The summed E-state index contributed by atoms with van der Waals surface area (Å²) in [6, 6.07) is 19.1. The van der Waals surface area contributed by atoms with Crippen molar-refractivity contribution < 1.29 is 0 Å². The van der Waals surface area contributed by atoms with Crippen molar-refractivity contribution in [2.24, 2.45) is 0 Å². The van der Waals surface area contributed by atoms with E-state index in [0.29, 0.717) is 0 Å². The fourth-order valence-electron chi connectivity index (χ4n) is 2.49. The second-order valence-corrected chi connectivity index (χ2v) is 5.45. The molecular weight excluding hydrogens is 256 g/mol. The molecule has 0 aliphatic rings. The van der Waals surface area contributed by atoms with Gasteiger partial charge in [-0.3, -0.25) is 4.98 Å². The third kappa shape index (κ3) is 3.67. The summed E-state index contributed by atoms with van der Waals surface area (Å²) in [5, 5.41) is 4.71. The van der Waals surface area contributed by atoms with Crippen LogP contribution in [0, 0.1) is 6.92 Å². The zero-order valence-corrected chi connectivity index (χ0v) is 12.3. The minimum Gasteiger partial charge on any atom is -0.312 e. The van der Waals surface area contributed by atoms with E-state index in [-0.39, 0.29) is 0 Å². The molecule has 0 fully saturated rings. The number of pyridine rings is 1. The normalized spacial score (nSPS) is 10.9. The van der Waals surface area contributed by atoms with E-state index >= 15 is 0 Å². The highest BCUT2D eigenvalue weighted by molar-refractivity contribution is 5.79. The first kappa shape index (κ1) is 13.8. The zero-order valence-electron chi connectivity index (χ0n) is 12.3. The number of rotatable bonds is 5. The molecule has 106 valence electrons. The quantitative estimate of drug-likeness (QED) is 0.715. The van der Waals surface area contributed by atoms with Crippen LogP contribution in [0.4, 0.5) is 0 Å². The van der Waals surface area contributed by atoms with Gasteiger partial charge in [-0.05, 0) is 49.2 Å². The van der Waals surface area contributed by atoms with Gasteiger partial charge < -0.3 is 5.32 Å². The molecule has 2 nitrogen and oxygen atoms in total. The lowest BCUT2D eigenvalue weighted by molar-refractivity contribution is 0.686. The van der Waals surface area contributed by atoms with E-state index in [1.165, 1.54) is 22.1 Å². The average molecular weight is 276 g/mol. The molecule has 1 aromatic heterocycles. The monoisotopic (exact) mass is 276 g/mol. The molecule has 2 heteroatoms. The van der Waals surface area contributed by atoms with Crippen molar-refractivity contribution in [1.82, 2.24) is 10.3 Å². The summed E-state index contributed by atoms with van der Waals surface area (Å²) in [7, 11) is 0. The summed E-state index contributed by atoms with van der Waals surface area (Å²) in [5.41, 5.74) is 4.96. The van der Waals surface area contributed by atoms with Crippen LogP contribution in [0.25, 0.3) is 10.9 Å². The highest BCUT2D eigenvalue weighted by atomic mass is 14.8. The summed E-state index contributed by atoms with van der Waals surface area (Å²) in [6.45, 7) is 4.00. The molecule has 0 saturated heterocycles. The number of fused-ring (bicyclic) bond motifs is 1. The van der Waals surface area contributed by atoms with E-state index in [1.807, 2.05) is 12.3 Å². The van der Waals surface area contributed by atoms with E-state index < -0.39 is 0 Å². The van der Waals surface area contributed by atoms with Gasteiger partial charge in [0, 0.05) is 18.1 Å². The SMILES string of the molecule is Cc1ccc2ncc(CCNCc3ccccc3)cc2c1.